The molecule has 0 fully saturated rings. The number of carbonyl (C=O) groups excluding carboxylic acids is 1. The number of benzene rings is 2. The van der Waals surface area contributed by atoms with Crippen LogP contribution in [0, 0.1) is 0 Å². The van der Waals surface area contributed by atoms with E-state index in [-0.39, 0.29) is 5.91 Å². The molecule has 6 heteroatoms. The first-order valence-corrected chi connectivity index (χ1v) is 9.47. The van der Waals surface area contributed by atoms with Gasteiger partial charge < -0.3 is 19.9 Å². The Morgan fingerprint density at radius 3 is 2.92 bits per heavy atom. The van der Waals surface area contributed by atoms with Crippen molar-refractivity contribution in [2.24, 2.45) is 0 Å². The van der Waals surface area contributed by atoms with E-state index in [9.17, 15) is 4.79 Å². The predicted octanol–water partition coefficient (Wildman–Crippen LogP) is 2.28. The summed E-state index contributed by atoms with van der Waals surface area (Å²) in [5, 5.41) is 3.32. The number of fused-ring (bicyclic) bond motifs is 6. The summed E-state index contributed by atoms with van der Waals surface area (Å²) in [6.45, 7) is 0.864. The largest absolute Gasteiger partial charge is 0.497 e. The van der Waals surface area contributed by atoms with Crippen LogP contribution < -0.4 is 15.0 Å². The van der Waals surface area contributed by atoms with Crippen molar-refractivity contribution in [1.82, 2.24) is 4.98 Å². The summed E-state index contributed by atoms with van der Waals surface area (Å²) in [6.07, 6.45) is 0.921. The zero-order chi connectivity index (χ0) is 18.1. The number of quaternary nitrogens is 1. The molecule has 0 aliphatic carbocycles. The summed E-state index contributed by atoms with van der Waals surface area (Å²) >= 11 is 3.58. The average Bonchev–Trinajstić information content (AvgIpc) is 3.12. The van der Waals surface area contributed by atoms with Gasteiger partial charge in [0, 0.05) is 28.8 Å². The summed E-state index contributed by atoms with van der Waals surface area (Å²) in [6, 6.07) is 12.1. The number of hydrogen-bond donors (Lipinski definition) is 2. The second-order valence-corrected chi connectivity index (χ2v) is 7.88. The van der Waals surface area contributed by atoms with E-state index >= 15 is 0 Å². The summed E-state index contributed by atoms with van der Waals surface area (Å²) in [5.41, 5.74) is 4.53. The molecule has 0 radical (unpaired) electrons. The third kappa shape index (κ3) is 1.86. The Morgan fingerprint density at radius 2 is 2.12 bits per heavy atom. The standard InChI is InChI=1S/C20H18BrN3O2/c1-24-17-6-3-11(21)9-15(17)20(19(24)25)18-13(7-8-22-20)14-10-12(26-2)4-5-16(14)23-18/h3-6,9-10,22-23H,7-8H2,1-2H3/p+1/t20-/m0/s1. The van der Waals surface area contributed by atoms with Gasteiger partial charge in [0.15, 0.2) is 0 Å². The molecule has 0 bridgehead atoms. The lowest BCUT2D eigenvalue weighted by Gasteiger charge is -2.30. The van der Waals surface area contributed by atoms with Gasteiger partial charge in [-0.25, -0.2) is 0 Å². The first-order chi connectivity index (χ1) is 12.6. The van der Waals surface area contributed by atoms with Gasteiger partial charge in [0.25, 0.3) is 5.91 Å². The van der Waals surface area contributed by atoms with E-state index in [0.717, 1.165) is 51.0 Å². The molecule has 0 unspecified atom stereocenters. The number of rotatable bonds is 1. The normalized spacial score (nSPS) is 21.3. The zero-order valence-corrected chi connectivity index (χ0v) is 16.2. The average molecular weight is 413 g/mol. The van der Waals surface area contributed by atoms with Crippen LogP contribution in [0.15, 0.2) is 40.9 Å². The molecule has 0 saturated carbocycles. The quantitative estimate of drug-likeness (QED) is 0.643. The molecular formula is C20H19BrN3O2+. The van der Waals surface area contributed by atoms with E-state index in [0.29, 0.717) is 0 Å². The van der Waals surface area contributed by atoms with Crippen LogP contribution >= 0.6 is 15.9 Å². The van der Waals surface area contributed by atoms with Gasteiger partial charge in [-0.2, -0.15) is 0 Å². The number of methoxy groups -OCH3 is 1. The van der Waals surface area contributed by atoms with E-state index in [2.05, 4.69) is 38.4 Å². The number of anilines is 1. The summed E-state index contributed by atoms with van der Waals surface area (Å²) in [7, 11) is 3.54. The van der Waals surface area contributed by atoms with Crippen molar-refractivity contribution in [3.63, 3.8) is 0 Å². The fraction of sp³-hybridized carbons (Fsp3) is 0.250. The fourth-order valence-corrected chi connectivity index (χ4v) is 4.89. The molecule has 1 atom stereocenters. The van der Waals surface area contributed by atoms with Gasteiger partial charge in [-0.05, 0) is 42.0 Å². The molecule has 1 amide bonds. The number of likely N-dealkylation sites (N-methyl/N-ethyl adjacent to an activating group) is 1. The molecule has 2 aliphatic rings. The summed E-state index contributed by atoms with van der Waals surface area (Å²) < 4.78 is 6.39. The highest BCUT2D eigenvalue weighted by molar-refractivity contribution is 9.10. The number of ether oxygens (including phenoxy) is 1. The molecule has 1 spiro atoms. The molecule has 5 rings (SSSR count). The maximum Gasteiger partial charge on any atom is 0.299 e. The maximum atomic E-state index is 13.4. The Bertz CT molecular complexity index is 1070. The second-order valence-electron chi connectivity index (χ2n) is 6.97. The van der Waals surface area contributed by atoms with E-state index in [4.69, 9.17) is 4.74 Å². The lowest BCUT2D eigenvalue weighted by molar-refractivity contribution is -0.714. The van der Waals surface area contributed by atoms with E-state index < -0.39 is 5.54 Å². The summed E-state index contributed by atoms with van der Waals surface area (Å²) in [4.78, 5) is 18.8. The van der Waals surface area contributed by atoms with Gasteiger partial charge >= 0.3 is 0 Å². The fourth-order valence-electron chi connectivity index (χ4n) is 4.53. The van der Waals surface area contributed by atoms with Crippen molar-refractivity contribution in [2.45, 2.75) is 12.0 Å². The van der Waals surface area contributed by atoms with E-state index in [1.54, 1.807) is 12.0 Å². The van der Waals surface area contributed by atoms with Crippen LogP contribution in [-0.4, -0.2) is 31.6 Å². The Hall–Kier alpha value is -2.31. The van der Waals surface area contributed by atoms with Crippen molar-refractivity contribution >= 4 is 38.4 Å². The minimum Gasteiger partial charge on any atom is -0.497 e. The first-order valence-electron chi connectivity index (χ1n) is 8.68. The first kappa shape index (κ1) is 15.9. The monoisotopic (exact) mass is 412 g/mol. The zero-order valence-electron chi connectivity index (χ0n) is 14.6. The van der Waals surface area contributed by atoms with Gasteiger partial charge in [0.2, 0.25) is 5.54 Å². The number of aromatic amines is 1. The molecule has 132 valence electrons. The van der Waals surface area contributed by atoms with Crippen molar-refractivity contribution in [3.05, 3.63) is 57.7 Å². The smallest absolute Gasteiger partial charge is 0.299 e. The molecule has 3 aromatic rings. The number of H-pyrrole nitrogens is 1. The van der Waals surface area contributed by atoms with Gasteiger partial charge in [-0.1, -0.05) is 15.9 Å². The molecule has 1 aromatic heterocycles. The van der Waals surface area contributed by atoms with Crippen LogP contribution in [-0.2, 0) is 16.8 Å². The van der Waals surface area contributed by atoms with E-state index in [1.807, 2.05) is 31.3 Å². The maximum absolute atomic E-state index is 13.4. The third-order valence-electron chi connectivity index (χ3n) is 5.74. The highest BCUT2D eigenvalue weighted by atomic mass is 79.9. The van der Waals surface area contributed by atoms with Crippen molar-refractivity contribution in [1.29, 1.82) is 0 Å². The Labute approximate surface area is 159 Å². The predicted molar refractivity (Wildman–Crippen MR) is 104 cm³/mol. The van der Waals surface area contributed by atoms with Crippen molar-refractivity contribution < 1.29 is 14.8 Å². The van der Waals surface area contributed by atoms with Crippen molar-refractivity contribution in [2.75, 3.05) is 25.6 Å². The number of amides is 1. The number of aromatic nitrogens is 1. The molecule has 2 aliphatic heterocycles. The number of hydrogen-bond acceptors (Lipinski definition) is 2. The van der Waals surface area contributed by atoms with Gasteiger partial charge in [0.1, 0.15) is 5.75 Å². The Kier molecular flexibility index (Phi) is 3.27. The van der Waals surface area contributed by atoms with Crippen LogP contribution in [0.4, 0.5) is 5.69 Å². The van der Waals surface area contributed by atoms with Crippen LogP contribution in [0.3, 0.4) is 0 Å². The van der Waals surface area contributed by atoms with Crippen LogP contribution in [0.1, 0.15) is 16.8 Å². The van der Waals surface area contributed by atoms with E-state index in [1.165, 1.54) is 5.56 Å². The van der Waals surface area contributed by atoms with Crippen LogP contribution in [0.5, 0.6) is 5.75 Å². The Balaban J connectivity index is 1.84. The molecule has 3 N–H and O–H groups in total. The molecule has 26 heavy (non-hydrogen) atoms. The minimum absolute atomic E-state index is 0.102. The van der Waals surface area contributed by atoms with Crippen LogP contribution in [0.2, 0.25) is 0 Å². The van der Waals surface area contributed by atoms with Gasteiger partial charge in [0.05, 0.1) is 30.6 Å². The highest BCUT2D eigenvalue weighted by Crippen LogP contribution is 2.45. The highest BCUT2D eigenvalue weighted by Gasteiger charge is 2.58. The molecule has 3 heterocycles. The molecule has 5 nitrogen and oxygen atoms in total. The molecule has 2 aromatic carbocycles. The minimum atomic E-state index is -0.742. The number of carbonyl (C=O) groups is 1. The molecular weight excluding hydrogens is 394 g/mol. The third-order valence-corrected chi connectivity index (χ3v) is 6.23. The topological polar surface area (TPSA) is 61.9 Å². The lowest BCUT2D eigenvalue weighted by atomic mass is 9.82. The number of nitrogens with two attached hydrogens (primary N) is 1. The second kappa shape index (κ2) is 5.34. The number of nitrogens with zero attached hydrogens (tertiary/aromatic N) is 1. The number of nitrogens with one attached hydrogen (secondary N) is 1. The summed E-state index contributed by atoms with van der Waals surface area (Å²) in [5.74, 6) is 0.936. The van der Waals surface area contributed by atoms with Crippen molar-refractivity contribution in [3.8, 4) is 5.75 Å². The van der Waals surface area contributed by atoms with Crippen LogP contribution in [0.25, 0.3) is 10.9 Å². The SMILES string of the molecule is COc1ccc2[nH]c3c(c2c1)CC[NH2+][C@]31C(=O)N(C)c2ccc(Br)cc21. The van der Waals surface area contributed by atoms with Gasteiger partial charge in [-0.3, -0.25) is 4.79 Å². The Morgan fingerprint density at radius 1 is 1.27 bits per heavy atom. The van der Waals surface area contributed by atoms with Gasteiger partial charge in [-0.15, -0.1) is 0 Å². The number of halogens is 1. The molecule has 0 saturated heterocycles. The lowest BCUT2D eigenvalue weighted by Crippen LogP contribution is -2.99.